The summed E-state index contributed by atoms with van der Waals surface area (Å²) in [6.45, 7) is 2.29. The molecule has 0 bridgehead atoms. The van der Waals surface area contributed by atoms with Crippen LogP contribution in [-0.4, -0.2) is 22.2 Å². The fraction of sp³-hybridized carbons (Fsp3) is 0.208. The first-order chi connectivity index (χ1) is 14.6. The lowest BCUT2D eigenvalue weighted by Crippen LogP contribution is -2.28. The SMILES string of the molecule is Cc1ccccc1CCC(Oc1cc(OCc2cccnc2)ccc1C#N)C(=O)O. The zero-order chi connectivity index (χ0) is 21.3. The van der Waals surface area contributed by atoms with E-state index in [-0.39, 0.29) is 17.7 Å². The number of benzene rings is 2. The second-order valence-corrected chi connectivity index (χ2v) is 6.83. The van der Waals surface area contributed by atoms with E-state index in [1.54, 1.807) is 30.6 Å². The summed E-state index contributed by atoms with van der Waals surface area (Å²) in [5.74, 6) is -0.400. The Hall–Kier alpha value is -3.85. The summed E-state index contributed by atoms with van der Waals surface area (Å²) in [4.78, 5) is 15.8. The summed E-state index contributed by atoms with van der Waals surface area (Å²) in [7, 11) is 0. The molecule has 0 saturated carbocycles. The van der Waals surface area contributed by atoms with Crippen molar-refractivity contribution in [2.75, 3.05) is 0 Å². The van der Waals surface area contributed by atoms with E-state index in [1.807, 2.05) is 49.4 Å². The van der Waals surface area contributed by atoms with Crippen LogP contribution in [0.1, 0.15) is 28.7 Å². The number of hydrogen-bond donors (Lipinski definition) is 1. The average Bonchev–Trinajstić information content (AvgIpc) is 2.76. The van der Waals surface area contributed by atoms with Crippen LogP contribution in [0.25, 0.3) is 0 Å². The number of aromatic nitrogens is 1. The second-order valence-electron chi connectivity index (χ2n) is 6.83. The van der Waals surface area contributed by atoms with Crippen molar-refractivity contribution in [1.29, 1.82) is 5.26 Å². The third kappa shape index (κ3) is 5.58. The summed E-state index contributed by atoms with van der Waals surface area (Å²) in [6.07, 6.45) is 3.15. The minimum absolute atomic E-state index is 0.193. The number of aryl methyl sites for hydroxylation is 2. The monoisotopic (exact) mass is 402 g/mol. The maximum absolute atomic E-state index is 11.8. The Morgan fingerprint density at radius 3 is 2.73 bits per heavy atom. The molecule has 1 heterocycles. The Kier molecular flexibility index (Phi) is 7.01. The van der Waals surface area contributed by atoms with Gasteiger partial charge in [-0.3, -0.25) is 4.98 Å². The van der Waals surface area contributed by atoms with Gasteiger partial charge in [-0.15, -0.1) is 0 Å². The molecule has 0 aliphatic carbocycles. The van der Waals surface area contributed by atoms with Crippen molar-refractivity contribution < 1.29 is 19.4 Å². The molecule has 0 saturated heterocycles. The van der Waals surface area contributed by atoms with Crippen molar-refractivity contribution in [2.24, 2.45) is 0 Å². The van der Waals surface area contributed by atoms with E-state index in [2.05, 4.69) is 4.98 Å². The van der Waals surface area contributed by atoms with E-state index in [1.165, 1.54) is 0 Å². The quantitative estimate of drug-likeness (QED) is 0.573. The van der Waals surface area contributed by atoms with Crippen molar-refractivity contribution in [2.45, 2.75) is 32.5 Å². The first kappa shape index (κ1) is 20.9. The molecule has 1 N–H and O–H groups in total. The minimum atomic E-state index is -1.08. The van der Waals surface area contributed by atoms with Crippen LogP contribution in [0.5, 0.6) is 11.5 Å². The van der Waals surface area contributed by atoms with Crippen molar-refractivity contribution in [3.05, 3.63) is 89.2 Å². The van der Waals surface area contributed by atoms with Gasteiger partial charge in [-0.05, 0) is 49.1 Å². The van der Waals surface area contributed by atoms with Crippen molar-refractivity contribution >= 4 is 5.97 Å². The van der Waals surface area contributed by atoms with Crippen LogP contribution < -0.4 is 9.47 Å². The van der Waals surface area contributed by atoms with Crippen LogP contribution in [0.4, 0.5) is 0 Å². The number of ether oxygens (including phenoxy) is 2. The minimum Gasteiger partial charge on any atom is -0.489 e. The number of rotatable bonds is 9. The predicted octanol–water partition coefficient (Wildman–Crippen LogP) is 4.31. The van der Waals surface area contributed by atoms with E-state index in [9.17, 15) is 15.2 Å². The van der Waals surface area contributed by atoms with Gasteiger partial charge in [0.1, 0.15) is 24.2 Å². The zero-order valence-corrected chi connectivity index (χ0v) is 16.6. The fourth-order valence-electron chi connectivity index (χ4n) is 3.00. The number of nitriles is 1. The van der Waals surface area contributed by atoms with E-state index in [0.717, 1.165) is 16.7 Å². The van der Waals surface area contributed by atoms with Crippen LogP contribution >= 0.6 is 0 Å². The van der Waals surface area contributed by atoms with Gasteiger partial charge < -0.3 is 14.6 Å². The molecule has 0 spiro atoms. The molecule has 1 unspecified atom stereocenters. The van der Waals surface area contributed by atoms with Crippen LogP contribution in [-0.2, 0) is 17.8 Å². The number of carboxylic acids is 1. The lowest BCUT2D eigenvalue weighted by molar-refractivity contribution is -0.145. The third-order valence-corrected chi connectivity index (χ3v) is 4.68. The van der Waals surface area contributed by atoms with Gasteiger partial charge in [0.05, 0.1) is 5.56 Å². The first-order valence-corrected chi connectivity index (χ1v) is 9.56. The lowest BCUT2D eigenvalue weighted by atomic mass is 10.0. The van der Waals surface area contributed by atoms with E-state index in [4.69, 9.17) is 9.47 Å². The van der Waals surface area contributed by atoms with Gasteiger partial charge in [0.25, 0.3) is 0 Å². The molecule has 30 heavy (non-hydrogen) atoms. The van der Waals surface area contributed by atoms with Crippen LogP contribution in [0.2, 0.25) is 0 Å². The standard InChI is InChI=1S/C24H22N2O4/c1-17-5-2-3-7-19(17)9-11-22(24(27)28)30-23-13-21(10-8-20(23)14-25)29-16-18-6-4-12-26-15-18/h2-8,10,12-13,15,22H,9,11,16H2,1H3,(H,27,28). The molecular formula is C24H22N2O4. The highest BCUT2D eigenvalue weighted by molar-refractivity contribution is 5.73. The largest absolute Gasteiger partial charge is 0.489 e. The Bertz CT molecular complexity index is 1040. The van der Waals surface area contributed by atoms with Crippen LogP contribution in [0, 0.1) is 18.3 Å². The Morgan fingerprint density at radius 1 is 1.20 bits per heavy atom. The summed E-state index contributed by atoms with van der Waals surface area (Å²) >= 11 is 0. The lowest BCUT2D eigenvalue weighted by Gasteiger charge is -2.17. The van der Waals surface area contributed by atoms with Gasteiger partial charge in [-0.25, -0.2) is 4.79 Å². The highest BCUT2D eigenvalue weighted by atomic mass is 16.5. The zero-order valence-electron chi connectivity index (χ0n) is 16.6. The molecule has 1 atom stereocenters. The number of hydrogen-bond acceptors (Lipinski definition) is 5. The second kappa shape index (κ2) is 10.1. The molecule has 1 aromatic heterocycles. The Labute approximate surface area is 175 Å². The average molecular weight is 402 g/mol. The number of pyridine rings is 1. The number of carbonyl (C=O) groups is 1. The van der Waals surface area contributed by atoms with Gasteiger partial charge in [0, 0.05) is 24.0 Å². The molecule has 2 aromatic carbocycles. The Morgan fingerprint density at radius 2 is 2.03 bits per heavy atom. The molecule has 0 amide bonds. The molecule has 0 radical (unpaired) electrons. The van der Waals surface area contributed by atoms with Gasteiger partial charge in [0.2, 0.25) is 0 Å². The molecule has 0 aliphatic rings. The van der Waals surface area contributed by atoms with Gasteiger partial charge >= 0.3 is 5.97 Å². The maximum Gasteiger partial charge on any atom is 0.344 e. The van der Waals surface area contributed by atoms with Crippen LogP contribution in [0.15, 0.2) is 67.0 Å². The molecule has 3 aromatic rings. The first-order valence-electron chi connectivity index (χ1n) is 9.56. The molecule has 3 rings (SSSR count). The molecular weight excluding hydrogens is 380 g/mol. The van der Waals surface area contributed by atoms with Gasteiger partial charge in [-0.2, -0.15) is 5.26 Å². The van der Waals surface area contributed by atoms with Crippen molar-refractivity contribution in [1.82, 2.24) is 4.98 Å². The van der Waals surface area contributed by atoms with Crippen molar-refractivity contribution in [3.63, 3.8) is 0 Å². The molecule has 6 heteroatoms. The van der Waals surface area contributed by atoms with Crippen LogP contribution in [0.3, 0.4) is 0 Å². The molecule has 0 fully saturated rings. The van der Waals surface area contributed by atoms with Gasteiger partial charge in [0.15, 0.2) is 6.10 Å². The summed E-state index contributed by atoms with van der Waals surface area (Å²) in [5, 5.41) is 19.0. The normalized spacial score (nSPS) is 11.3. The van der Waals surface area contributed by atoms with E-state index < -0.39 is 12.1 Å². The molecule has 0 aliphatic heterocycles. The molecule has 6 nitrogen and oxygen atoms in total. The summed E-state index contributed by atoms with van der Waals surface area (Å²) in [5.41, 5.74) is 3.32. The number of carboxylic acid groups (broad SMARTS) is 1. The smallest absolute Gasteiger partial charge is 0.344 e. The predicted molar refractivity (Wildman–Crippen MR) is 111 cm³/mol. The molecule has 152 valence electrons. The van der Waals surface area contributed by atoms with Crippen molar-refractivity contribution in [3.8, 4) is 17.6 Å². The summed E-state index contributed by atoms with van der Waals surface area (Å²) < 4.78 is 11.5. The van der Waals surface area contributed by atoms with Gasteiger partial charge in [-0.1, -0.05) is 30.3 Å². The maximum atomic E-state index is 11.8. The highest BCUT2D eigenvalue weighted by Crippen LogP contribution is 2.27. The van der Waals surface area contributed by atoms with E-state index >= 15 is 0 Å². The highest BCUT2D eigenvalue weighted by Gasteiger charge is 2.21. The number of nitrogens with zero attached hydrogens (tertiary/aromatic N) is 2. The number of aliphatic carboxylic acids is 1. The Balaban J connectivity index is 1.72. The van der Waals surface area contributed by atoms with E-state index in [0.29, 0.717) is 18.8 Å². The fourth-order valence-corrected chi connectivity index (χ4v) is 3.00. The third-order valence-electron chi connectivity index (χ3n) is 4.68. The summed E-state index contributed by atoms with van der Waals surface area (Å²) in [6, 6.07) is 18.4. The topological polar surface area (TPSA) is 92.4 Å².